The minimum atomic E-state index is -3.22. The van der Waals surface area contributed by atoms with Crippen LogP contribution in [0.4, 0.5) is 0 Å². The lowest BCUT2D eigenvalue weighted by Crippen LogP contribution is -2.40. The molecule has 2 N–H and O–H groups in total. The minimum Gasteiger partial charge on any atom is -0.314 e. The maximum atomic E-state index is 11.0. The molecule has 1 rings (SSSR count). The molecule has 6 heteroatoms. The van der Waals surface area contributed by atoms with Gasteiger partial charge in [-0.1, -0.05) is 4.89 Å². The van der Waals surface area contributed by atoms with E-state index in [-0.39, 0.29) is 11.9 Å². The first-order valence-corrected chi connectivity index (χ1v) is 6.15. The van der Waals surface area contributed by atoms with Crippen molar-refractivity contribution in [2.24, 2.45) is 0 Å². The molecular formula is C7H16N2O3S. The minimum absolute atomic E-state index is 0.0323. The first-order valence-electron chi connectivity index (χ1n) is 4.50. The summed E-state index contributed by atoms with van der Waals surface area (Å²) in [6, 6.07) is 0. The van der Waals surface area contributed by atoms with Gasteiger partial charge in [0.15, 0.2) is 0 Å². The summed E-state index contributed by atoms with van der Waals surface area (Å²) in [5, 5.41) is 3.13. The third-order valence-corrected chi connectivity index (χ3v) is 3.08. The van der Waals surface area contributed by atoms with Crippen molar-refractivity contribution in [3.8, 4) is 0 Å². The van der Waals surface area contributed by atoms with Crippen LogP contribution in [0.3, 0.4) is 0 Å². The third kappa shape index (κ3) is 4.04. The molecule has 0 radical (unpaired) electrons. The topological polar surface area (TPSA) is 67.4 Å². The lowest BCUT2D eigenvalue weighted by Gasteiger charge is -2.22. The van der Waals surface area contributed by atoms with E-state index in [1.54, 1.807) is 6.92 Å². The summed E-state index contributed by atoms with van der Waals surface area (Å²) < 4.78 is 22.0. The van der Waals surface area contributed by atoms with Gasteiger partial charge in [-0.25, -0.2) is 8.42 Å². The molecule has 0 aromatic heterocycles. The zero-order chi connectivity index (χ0) is 9.73. The average molecular weight is 208 g/mol. The lowest BCUT2D eigenvalue weighted by molar-refractivity contribution is 0.00417. The highest BCUT2D eigenvalue weighted by atomic mass is 32.2. The predicted octanol–water partition coefficient (Wildman–Crippen LogP) is -0.391. The van der Waals surface area contributed by atoms with E-state index in [1.165, 1.54) is 0 Å². The summed E-state index contributed by atoms with van der Waals surface area (Å²) >= 11 is 0. The Morgan fingerprint density at radius 1 is 1.62 bits per heavy atom. The highest BCUT2D eigenvalue weighted by Crippen LogP contribution is 2.04. The molecule has 0 aromatic rings. The summed E-state index contributed by atoms with van der Waals surface area (Å²) in [5.74, 6) is 0.0488. The summed E-state index contributed by atoms with van der Waals surface area (Å²) in [4.78, 5) is 7.15. The normalized spacial score (nSPS) is 24.5. The van der Waals surface area contributed by atoms with Crippen LogP contribution in [0.5, 0.6) is 0 Å². The van der Waals surface area contributed by atoms with Gasteiger partial charge in [0.1, 0.15) is 0 Å². The summed E-state index contributed by atoms with van der Waals surface area (Å²) in [5.41, 5.74) is 0. The van der Waals surface area contributed by atoms with Gasteiger partial charge in [-0.05, 0) is 26.3 Å². The van der Waals surface area contributed by atoms with Crippen molar-refractivity contribution in [2.45, 2.75) is 25.9 Å². The zero-order valence-corrected chi connectivity index (χ0v) is 8.56. The molecule has 1 atom stereocenters. The average Bonchev–Trinajstić information content (AvgIpc) is 2.17. The molecule has 1 unspecified atom stereocenters. The fourth-order valence-corrected chi connectivity index (χ4v) is 1.52. The van der Waals surface area contributed by atoms with E-state index < -0.39 is 10.0 Å². The molecule has 1 heterocycles. The van der Waals surface area contributed by atoms with E-state index in [2.05, 4.69) is 10.2 Å². The smallest absolute Gasteiger partial charge is 0.233 e. The summed E-state index contributed by atoms with van der Waals surface area (Å²) in [7, 11) is -3.22. The molecule has 0 aliphatic carbocycles. The number of rotatable bonds is 4. The maximum Gasteiger partial charge on any atom is 0.233 e. The molecular weight excluding hydrogens is 192 g/mol. The Morgan fingerprint density at radius 2 is 2.38 bits per heavy atom. The molecule has 1 fully saturated rings. The first kappa shape index (κ1) is 10.9. The van der Waals surface area contributed by atoms with Crippen molar-refractivity contribution >= 4 is 10.0 Å². The fourth-order valence-electron chi connectivity index (χ4n) is 1.12. The van der Waals surface area contributed by atoms with Crippen molar-refractivity contribution < 1.29 is 13.3 Å². The van der Waals surface area contributed by atoms with Crippen LogP contribution in [0.15, 0.2) is 0 Å². The number of piperidine rings is 1. The Morgan fingerprint density at radius 3 is 2.92 bits per heavy atom. The second-order valence-electron chi connectivity index (χ2n) is 3.07. The summed E-state index contributed by atoms with van der Waals surface area (Å²) in [6.45, 7) is 3.28. The van der Waals surface area contributed by atoms with Gasteiger partial charge < -0.3 is 5.32 Å². The van der Waals surface area contributed by atoms with Crippen molar-refractivity contribution in [3.05, 3.63) is 0 Å². The zero-order valence-electron chi connectivity index (χ0n) is 7.75. The van der Waals surface area contributed by atoms with Gasteiger partial charge in [0.05, 0.1) is 11.9 Å². The Kier molecular flexibility index (Phi) is 4.11. The van der Waals surface area contributed by atoms with Crippen LogP contribution in [-0.2, 0) is 14.9 Å². The number of hydrogen-bond acceptors (Lipinski definition) is 4. The molecule has 0 amide bonds. The largest absolute Gasteiger partial charge is 0.314 e. The molecule has 5 nitrogen and oxygen atoms in total. The highest BCUT2D eigenvalue weighted by molar-refractivity contribution is 7.89. The third-order valence-electron chi connectivity index (χ3n) is 1.97. The van der Waals surface area contributed by atoms with E-state index in [0.717, 1.165) is 19.4 Å². The SMILES string of the molecule is CCS(=O)(=O)NOC1CCCNC1. The predicted molar refractivity (Wildman–Crippen MR) is 49.6 cm³/mol. The Balaban J connectivity index is 2.25. The number of hydrogen-bond donors (Lipinski definition) is 2. The van der Waals surface area contributed by atoms with Crippen LogP contribution < -0.4 is 10.2 Å². The molecule has 0 bridgehead atoms. The molecule has 0 saturated carbocycles. The van der Waals surface area contributed by atoms with Crippen LogP contribution in [-0.4, -0.2) is 33.4 Å². The monoisotopic (exact) mass is 208 g/mol. The molecule has 13 heavy (non-hydrogen) atoms. The van der Waals surface area contributed by atoms with Gasteiger partial charge in [-0.15, -0.1) is 0 Å². The van der Waals surface area contributed by atoms with Gasteiger partial charge in [-0.3, -0.25) is 4.84 Å². The molecule has 1 aliphatic rings. The molecule has 1 saturated heterocycles. The van der Waals surface area contributed by atoms with Crippen LogP contribution >= 0.6 is 0 Å². The lowest BCUT2D eigenvalue weighted by atomic mass is 10.1. The van der Waals surface area contributed by atoms with E-state index in [1.807, 2.05) is 0 Å². The quantitative estimate of drug-likeness (QED) is 0.617. The molecule has 0 aromatic carbocycles. The van der Waals surface area contributed by atoms with Crippen LogP contribution in [0.2, 0.25) is 0 Å². The van der Waals surface area contributed by atoms with Crippen molar-refractivity contribution in [1.82, 2.24) is 10.2 Å². The molecule has 0 spiro atoms. The summed E-state index contributed by atoms with van der Waals surface area (Å²) in [6.07, 6.45) is 1.90. The Labute approximate surface area is 78.9 Å². The first-order chi connectivity index (χ1) is 6.14. The van der Waals surface area contributed by atoms with E-state index in [9.17, 15) is 8.42 Å². The van der Waals surface area contributed by atoms with E-state index >= 15 is 0 Å². The maximum absolute atomic E-state index is 11.0. The highest BCUT2D eigenvalue weighted by Gasteiger charge is 2.16. The van der Waals surface area contributed by atoms with Gasteiger partial charge in [0.25, 0.3) is 0 Å². The molecule has 78 valence electrons. The number of sulfonamides is 1. The van der Waals surface area contributed by atoms with Crippen LogP contribution in [0, 0.1) is 0 Å². The fraction of sp³-hybridized carbons (Fsp3) is 1.00. The number of nitrogens with one attached hydrogen (secondary N) is 2. The van der Waals surface area contributed by atoms with Gasteiger partial charge >= 0.3 is 0 Å². The standard InChI is InChI=1S/C7H16N2O3S/c1-2-13(10,11)9-12-7-4-3-5-8-6-7/h7-9H,2-6H2,1H3. The van der Waals surface area contributed by atoms with Crippen LogP contribution in [0.1, 0.15) is 19.8 Å². The van der Waals surface area contributed by atoms with Gasteiger partial charge in [0.2, 0.25) is 10.0 Å². The van der Waals surface area contributed by atoms with Crippen LogP contribution in [0.25, 0.3) is 0 Å². The van der Waals surface area contributed by atoms with Gasteiger partial charge in [0, 0.05) is 6.54 Å². The van der Waals surface area contributed by atoms with Gasteiger partial charge in [-0.2, -0.15) is 0 Å². The Bertz CT molecular complexity index is 234. The second kappa shape index (κ2) is 4.90. The van der Waals surface area contributed by atoms with Crippen molar-refractivity contribution in [1.29, 1.82) is 0 Å². The van der Waals surface area contributed by atoms with Crippen molar-refractivity contribution in [2.75, 3.05) is 18.8 Å². The van der Waals surface area contributed by atoms with E-state index in [0.29, 0.717) is 6.54 Å². The Hall–Kier alpha value is -0.170. The molecule has 1 aliphatic heterocycles. The second-order valence-corrected chi connectivity index (χ2v) is 5.05. The van der Waals surface area contributed by atoms with Crippen molar-refractivity contribution in [3.63, 3.8) is 0 Å². The van der Waals surface area contributed by atoms with E-state index in [4.69, 9.17) is 4.84 Å².